The van der Waals surface area contributed by atoms with Gasteiger partial charge in [0.25, 0.3) is 0 Å². The minimum atomic E-state index is -0.534. The summed E-state index contributed by atoms with van der Waals surface area (Å²) in [6.45, 7) is 1.01. The van der Waals surface area contributed by atoms with Gasteiger partial charge in [-0.25, -0.2) is 0 Å². The van der Waals surface area contributed by atoms with E-state index >= 15 is 0 Å². The number of rotatable bonds is 2. The van der Waals surface area contributed by atoms with E-state index < -0.39 is 5.41 Å². The molecule has 0 spiro atoms. The average molecular weight is 274 g/mol. The Labute approximate surface area is 119 Å². The fourth-order valence-corrected chi connectivity index (χ4v) is 3.35. The van der Waals surface area contributed by atoms with E-state index in [1.165, 1.54) is 25.7 Å². The molecule has 2 aliphatic rings. The first-order chi connectivity index (χ1) is 9.84. The molecular formula is C15H22N4O. The number of nitriles is 1. The highest BCUT2D eigenvalue weighted by Crippen LogP contribution is 2.38. The summed E-state index contributed by atoms with van der Waals surface area (Å²) in [7, 11) is 0. The van der Waals surface area contributed by atoms with Crippen molar-refractivity contribution in [1.29, 1.82) is 5.26 Å². The van der Waals surface area contributed by atoms with Crippen LogP contribution in [0, 0.1) is 11.3 Å². The minimum Gasteiger partial charge on any atom is -0.338 e. The second-order valence-corrected chi connectivity index (χ2v) is 6.07. The van der Waals surface area contributed by atoms with Gasteiger partial charge in [-0.3, -0.25) is 0 Å². The zero-order chi connectivity index (χ0) is 13.8. The van der Waals surface area contributed by atoms with E-state index in [0.717, 1.165) is 44.5 Å². The molecule has 0 aromatic carbocycles. The molecule has 1 aliphatic heterocycles. The van der Waals surface area contributed by atoms with Crippen LogP contribution in [-0.2, 0) is 5.41 Å². The average Bonchev–Trinajstić information content (AvgIpc) is 2.85. The summed E-state index contributed by atoms with van der Waals surface area (Å²) in [5.74, 6) is 1.28. The standard InChI is InChI=1S/C15H22N4O/c16-11-15(8-4-2-5-9-15)14-18-13(19-20-14)12-7-3-1-6-10-17-12/h12,17H,1-10H2/t12-/m0/s1. The second kappa shape index (κ2) is 5.92. The highest BCUT2D eigenvalue weighted by molar-refractivity contribution is 5.19. The summed E-state index contributed by atoms with van der Waals surface area (Å²) in [5, 5.41) is 17.2. The van der Waals surface area contributed by atoms with Gasteiger partial charge >= 0.3 is 0 Å². The molecular weight excluding hydrogens is 252 g/mol. The van der Waals surface area contributed by atoms with Gasteiger partial charge in [0.15, 0.2) is 5.82 Å². The van der Waals surface area contributed by atoms with Crippen molar-refractivity contribution in [3.05, 3.63) is 11.7 Å². The van der Waals surface area contributed by atoms with Crippen LogP contribution in [0.5, 0.6) is 0 Å². The van der Waals surface area contributed by atoms with Crippen molar-refractivity contribution in [2.45, 2.75) is 69.2 Å². The number of hydrogen-bond donors (Lipinski definition) is 1. The summed E-state index contributed by atoms with van der Waals surface area (Å²) in [5.41, 5.74) is -0.534. The molecule has 1 N–H and O–H groups in total. The van der Waals surface area contributed by atoms with Gasteiger partial charge in [-0.05, 0) is 32.2 Å². The summed E-state index contributed by atoms with van der Waals surface area (Å²) in [4.78, 5) is 4.58. The fourth-order valence-electron chi connectivity index (χ4n) is 3.35. The van der Waals surface area contributed by atoms with Crippen LogP contribution >= 0.6 is 0 Å². The third-order valence-electron chi connectivity index (χ3n) is 4.64. The first kappa shape index (κ1) is 13.6. The summed E-state index contributed by atoms with van der Waals surface area (Å²) >= 11 is 0. The third-order valence-corrected chi connectivity index (χ3v) is 4.64. The first-order valence-corrected chi connectivity index (χ1v) is 7.83. The maximum Gasteiger partial charge on any atom is 0.247 e. The fraction of sp³-hybridized carbons (Fsp3) is 0.800. The molecule has 1 saturated carbocycles. The smallest absolute Gasteiger partial charge is 0.247 e. The molecule has 3 rings (SSSR count). The van der Waals surface area contributed by atoms with Crippen LogP contribution in [0.3, 0.4) is 0 Å². The Morgan fingerprint density at radius 1 is 1.15 bits per heavy atom. The first-order valence-electron chi connectivity index (χ1n) is 7.83. The third kappa shape index (κ3) is 2.57. The molecule has 1 atom stereocenters. The Bertz CT molecular complexity index is 476. The topological polar surface area (TPSA) is 74.7 Å². The predicted octanol–water partition coefficient (Wildman–Crippen LogP) is 3.00. The van der Waals surface area contributed by atoms with Crippen molar-refractivity contribution in [2.75, 3.05) is 6.54 Å². The van der Waals surface area contributed by atoms with Gasteiger partial charge in [-0.1, -0.05) is 37.3 Å². The lowest BCUT2D eigenvalue weighted by Gasteiger charge is -2.26. The van der Waals surface area contributed by atoms with Gasteiger partial charge in [-0.2, -0.15) is 10.2 Å². The predicted molar refractivity (Wildman–Crippen MR) is 73.9 cm³/mol. The zero-order valence-electron chi connectivity index (χ0n) is 11.9. The van der Waals surface area contributed by atoms with Crippen molar-refractivity contribution in [1.82, 2.24) is 15.5 Å². The molecule has 0 amide bonds. The van der Waals surface area contributed by atoms with Gasteiger partial charge < -0.3 is 9.84 Å². The van der Waals surface area contributed by atoms with Crippen molar-refractivity contribution in [3.63, 3.8) is 0 Å². The van der Waals surface area contributed by atoms with E-state index in [4.69, 9.17) is 4.52 Å². The molecule has 1 aliphatic carbocycles. The largest absolute Gasteiger partial charge is 0.338 e. The zero-order valence-corrected chi connectivity index (χ0v) is 11.9. The second-order valence-electron chi connectivity index (χ2n) is 6.07. The van der Waals surface area contributed by atoms with E-state index in [9.17, 15) is 5.26 Å². The molecule has 108 valence electrons. The van der Waals surface area contributed by atoms with Crippen LogP contribution in [0.2, 0.25) is 0 Å². The lowest BCUT2D eigenvalue weighted by Crippen LogP contribution is -2.28. The Hall–Kier alpha value is -1.41. The lowest BCUT2D eigenvalue weighted by molar-refractivity contribution is 0.263. The molecule has 1 aromatic heterocycles. The number of hydrogen-bond acceptors (Lipinski definition) is 5. The van der Waals surface area contributed by atoms with Gasteiger partial charge in [-0.15, -0.1) is 0 Å². The van der Waals surface area contributed by atoms with Gasteiger partial charge in [0, 0.05) is 0 Å². The number of aromatic nitrogens is 2. The molecule has 20 heavy (non-hydrogen) atoms. The van der Waals surface area contributed by atoms with E-state index in [0.29, 0.717) is 5.89 Å². The lowest BCUT2D eigenvalue weighted by atomic mass is 9.75. The normalized spacial score (nSPS) is 26.6. The molecule has 5 nitrogen and oxygen atoms in total. The molecule has 2 fully saturated rings. The van der Waals surface area contributed by atoms with Crippen LogP contribution in [0.4, 0.5) is 0 Å². The summed E-state index contributed by atoms with van der Waals surface area (Å²) < 4.78 is 5.47. The maximum atomic E-state index is 9.57. The quantitative estimate of drug-likeness (QED) is 0.897. The van der Waals surface area contributed by atoms with Crippen molar-refractivity contribution in [2.24, 2.45) is 0 Å². The van der Waals surface area contributed by atoms with E-state index in [1.54, 1.807) is 0 Å². The maximum absolute atomic E-state index is 9.57. The van der Waals surface area contributed by atoms with Gasteiger partial charge in [0.2, 0.25) is 5.89 Å². The Morgan fingerprint density at radius 3 is 2.75 bits per heavy atom. The van der Waals surface area contributed by atoms with Gasteiger partial charge in [0.05, 0.1) is 12.1 Å². The molecule has 1 aromatic rings. The van der Waals surface area contributed by atoms with E-state index in [-0.39, 0.29) is 6.04 Å². The van der Waals surface area contributed by atoms with Gasteiger partial charge in [0.1, 0.15) is 5.41 Å². The van der Waals surface area contributed by atoms with Crippen molar-refractivity contribution < 1.29 is 4.52 Å². The number of nitrogens with one attached hydrogen (secondary N) is 1. The molecule has 0 bridgehead atoms. The number of nitrogens with zero attached hydrogens (tertiary/aromatic N) is 3. The highest BCUT2D eigenvalue weighted by Gasteiger charge is 2.40. The summed E-state index contributed by atoms with van der Waals surface area (Å²) in [6.07, 6.45) is 9.78. The monoisotopic (exact) mass is 274 g/mol. The molecule has 1 saturated heterocycles. The molecule has 5 heteroatoms. The summed E-state index contributed by atoms with van der Waals surface area (Å²) in [6, 6.07) is 2.63. The highest BCUT2D eigenvalue weighted by atomic mass is 16.5. The van der Waals surface area contributed by atoms with Crippen LogP contribution in [0.25, 0.3) is 0 Å². The van der Waals surface area contributed by atoms with E-state index in [1.807, 2.05) is 0 Å². The Morgan fingerprint density at radius 2 is 1.95 bits per heavy atom. The Balaban J connectivity index is 1.80. The van der Waals surface area contributed by atoms with Crippen LogP contribution in [0.15, 0.2) is 4.52 Å². The molecule has 0 radical (unpaired) electrons. The molecule has 0 unspecified atom stereocenters. The SMILES string of the molecule is N#CC1(c2nc([C@@H]3CCCCCN3)no2)CCCCC1. The van der Waals surface area contributed by atoms with Crippen LogP contribution in [-0.4, -0.2) is 16.7 Å². The van der Waals surface area contributed by atoms with Crippen LogP contribution in [0.1, 0.15) is 75.5 Å². The van der Waals surface area contributed by atoms with E-state index in [2.05, 4.69) is 21.5 Å². The molecule has 2 heterocycles. The van der Waals surface area contributed by atoms with Crippen molar-refractivity contribution >= 4 is 0 Å². The Kier molecular flexibility index (Phi) is 4.02. The minimum absolute atomic E-state index is 0.189. The van der Waals surface area contributed by atoms with Crippen molar-refractivity contribution in [3.8, 4) is 6.07 Å². The van der Waals surface area contributed by atoms with Crippen LogP contribution < -0.4 is 5.32 Å².